The maximum absolute atomic E-state index is 9.59. The molecule has 1 heteroatoms. The van der Waals surface area contributed by atoms with Crippen LogP contribution in [0.2, 0.25) is 0 Å². The van der Waals surface area contributed by atoms with E-state index in [2.05, 4.69) is 19.9 Å². The van der Waals surface area contributed by atoms with Gasteiger partial charge >= 0.3 is 0 Å². The molecular weight excluding hydrogens is 136 g/mol. The number of hydrogen-bond donors (Lipinski definition) is 1. The molecule has 0 amide bonds. The SMILES string of the molecule is CC(C)C1C=CC(C)(O)CC1. The highest BCUT2D eigenvalue weighted by molar-refractivity contribution is 5.06. The Balaban J connectivity index is 2.56. The highest BCUT2D eigenvalue weighted by atomic mass is 16.3. The first kappa shape index (κ1) is 8.79. The van der Waals surface area contributed by atoms with E-state index in [1.54, 1.807) is 0 Å². The minimum atomic E-state index is -0.536. The monoisotopic (exact) mass is 154 g/mol. The van der Waals surface area contributed by atoms with Crippen molar-refractivity contribution in [1.82, 2.24) is 0 Å². The van der Waals surface area contributed by atoms with Gasteiger partial charge < -0.3 is 5.11 Å². The maximum atomic E-state index is 9.59. The zero-order valence-electron chi connectivity index (χ0n) is 7.67. The van der Waals surface area contributed by atoms with Crippen molar-refractivity contribution in [3.63, 3.8) is 0 Å². The number of hydrogen-bond acceptors (Lipinski definition) is 1. The zero-order chi connectivity index (χ0) is 8.48. The molecule has 0 aromatic heterocycles. The van der Waals surface area contributed by atoms with Crippen molar-refractivity contribution >= 4 is 0 Å². The summed E-state index contributed by atoms with van der Waals surface area (Å²) >= 11 is 0. The first-order valence-corrected chi connectivity index (χ1v) is 4.43. The molecule has 0 fully saturated rings. The third-order valence-electron chi connectivity index (χ3n) is 2.54. The summed E-state index contributed by atoms with van der Waals surface area (Å²) in [5, 5.41) is 9.59. The van der Waals surface area contributed by atoms with E-state index in [-0.39, 0.29) is 0 Å². The van der Waals surface area contributed by atoms with E-state index in [4.69, 9.17) is 0 Å². The molecule has 1 aliphatic rings. The van der Waals surface area contributed by atoms with Crippen molar-refractivity contribution in [1.29, 1.82) is 0 Å². The molecule has 2 unspecified atom stereocenters. The second kappa shape index (κ2) is 2.98. The molecule has 0 bridgehead atoms. The van der Waals surface area contributed by atoms with Gasteiger partial charge in [-0.25, -0.2) is 0 Å². The molecule has 11 heavy (non-hydrogen) atoms. The maximum Gasteiger partial charge on any atom is 0.0800 e. The van der Waals surface area contributed by atoms with Crippen LogP contribution in [0.15, 0.2) is 12.2 Å². The second-order valence-electron chi connectivity index (χ2n) is 4.16. The average molecular weight is 154 g/mol. The van der Waals surface area contributed by atoms with Gasteiger partial charge in [0.2, 0.25) is 0 Å². The smallest absolute Gasteiger partial charge is 0.0800 e. The van der Waals surface area contributed by atoms with Gasteiger partial charge in [-0.15, -0.1) is 0 Å². The highest BCUT2D eigenvalue weighted by Gasteiger charge is 2.24. The summed E-state index contributed by atoms with van der Waals surface area (Å²) in [5.74, 6) is 1.39. The van der Waals surface area contributed by atoms with E-state index in [1.165, 1.54) is 0 Å². The molecule has 0 aromatic rings. The molecule has 0 heterocycles. The predicted molar refractivity (Wildman–Crippen MR) is 47.3 cm³/mol. The van der Waals surface area contributed by atoms with Gasteiger partial charge in [-0.3, -0.25) is 0 Å². The molecule has 0 aliphatic heterocycles. The van der Waals surface area contributed by atoms with E-state index >= 15 is 0 Å². The Kier molecular flexibility index (Phi) is 2.38. The summed E-state index contributed by atoms with van der Waals surface area (Å²) in [6.45, 7) is 6.34. The van der Waals surface area contributed by atoms with Crippen LogP contribution in [0.5, 0.6) is 0 Å². The largest absolute Gasteiger partial charge is 0.386 e. The van der Waals surface area contributed by atoms with Crippen molar-refractivity contribution in [3.8, 4) is 0 Å². The molecule has 0 saturated heterocycles. The third-order valence-corrected chi connectivity index (χ3v) is 2.54. The Bertz CT molecular complexity index is 156. The summed E-state index contributed by atoms with van der Waals surface area (Å²) in [4.78, 5) is 0. The number of aliphatic hydroxyl groups is 1. The summed E-state index contributed by atoms with van der Waals surface area (Å²) in [5.41, 5.74) is -0.536. The Morgan fingerprint density at radius 1 is 1.55 bits per heavy atom. The normalized spacial score (nSPS) is 38.1. The Labute approximate surface area is 69.1 Å². The molecule has 0 aromatic carbocycles. The molecule has 0 radical (unpaired) electrons. The van der Waals surface area contributed by atoms with Crippen LogP contribution in [0.4, 0.5) is 0 Å². The summed E-state index contributed by atoms with van der Waals surface area (Å²) in [6.07, 6.45) is 6.14. The summed E-state index contributed by atoms with van der Waals surface area (Å²) in [7, 11) is 0. The average Bonchev–Trinajstić information content (AvgIpc) is 1.86. The van der Waals surface area contributed by atoms with Crippen molar-refractivity contribution in [2.45, 2.75) is 39.2 Å². The number of rotatable bonds is 1. The molecule has 1 N–H and O–H groups in total. The van der Waals surface area contributed by atoms with Crippen LogP contribution in [0, 0.1) is 11.8 Å². The molecule has 64 valence electrons. The molecule has 1 aliphatic carbocycles. The van der Waals surface area contributed by atoms with Gasteiger partial charge in [0, 0.05) is 0 Å². The van der Waals surface area contributed by atoms with Crippen molar-refractivity contribution < 1.29 is 5.11 Å². The number of allylic oxidation sites excluding steroid dienone is 1. The van der Waals surface area contributed by atoms with Crippen LogP contribution >= 0.6 is 0 Å². The summed E-state index contributed by atoms with van der Waals surface area (Å²) in [6, 6.07) is 0. The topological polar surface area (TPSA) is 20.2 Å². The first-order valence-electron chi connectivity index (χ1n) is 4.43. The Morgan fingerprint density at radius 2 is 2.18 bits per heavy atom. The predicted octanol–water partition coefficient (Wildman–Crippen LogP) is 2.36. The Morgan fingerprint density at radius 3 is 2.55 bits per heavy atom. The molecule has 1 nitrogen and oxygen atoms in total. The molecule has 0 spiro atoms. The fourth-order valence-corrected chi connectivity index (χ4v) is 1.52. The quantitative estimate of drug-likeness (QED) is 0.575. The standard InChI is InChI=1S/C10H18O/c1-8(2)9-4-6-10(3,11)7-5-9/h4,6,8-9,11H,5,7H2,1-3H3. The van der Waals surface area contributed by atoms with E-state index < -0.39 is 5.60 Å². The van der Waals surface area contributed by atoms with Crippen molar-refractivity contribution in [2.24, 2.45) is 11.8 Å². The Hall–Kier alpha value is -0.300. The van der Waals surface area contributed by atoms with Gasteiger partial charge in [-0.2, -0.15) is 0 Å². The van der Waals surface area contributed by atoms with Crippen molar-refractivity contribution in [2.75, 3.05) is 0 Å². The molecule has 2 atom stereocenters. The van der Waals surface area contributed by atoms with E-state index in [0.717, 1.165) is 12.8 Å². The zero-order valence-corrected chi connectivity index (χ0v) is 7.67. The van der Waals surface area contributed by atoms with Crippen LogP contribution in [0.1, 0.15) is 33.6 Å². The van der Waals surface area contributed by atoms with Crippen LogP contribution in [-0.4, -0.2) is 10.7 Å². The first-order chi connectivity index (χ1) is 5.01. The van der Waals surface area contributed by atoms with Gasteiger partial charge in [-0.1, -0.05) is 26.0 Å². The lowest BCUT2D eigenvalue weighted by Crippen LogP contribution is -2.26. The van der Waals surface area contributed by atoms with Crippen molar-refractivity contribution in [3.05, 3.63) is 12.2 Å². The van der Waals surface area contributed by atoms with Gasteiger partial charge in [0.05, 0.1) is 5.60 Å². The van der Waals surface area contributed by atoms with Gasteiger partial charge in [0.1, 0.15) is 0 Å². The minimum absolute atomic E-state index is 0.536. The fraction of sp³-hybridized carbons (Fsp3) is 0.800. The lowest BCUT2D eigenvalue weighted by Gasteiger charge is -2.29. The van der Waals surface area contributed by atoms with Gasteiger partial charge in [0.15, 0.2) is 0 Å². The van der Waals surface area contributed by atoms with E-state index in [0.29, 0.717) is 11.8 Å². The second-order valence-corrected chi connectivity index (χ2v) is 4.16. The lowest BCUT2D eigenvalue weighted by atomic mass is 9.81. The molecular formula is C10H18O. The van der Waals surface area contributed by atoms with Crippen LogP contribution < -0.4 is 0 Å². The van der Waals surface area contributed by atoms with Gasteiger partial charge in [0.25, 0.3) is 0 Å². The third kappa shape index (κ3) is 2.33. The lowest BCUT2D eigenvalue weighted by molar-refractivity contribution is 0.0845. The minimum Gasteiger partial charge on any atom is -0.386 e. The molecule has 0 saturated carbocycles. The van der Waals surface area contributed by atoms with Crippen LogP contribution in [-0.2, 0) is 0 Å². The van der Waals surface area contributed by atoms with Gasteiger partial charge in [-0.05, 0) is 31.6 Å². The highest BCUT2D eigenvalue weighted by Crippen LogP contribution is 2.29. The van der Waals surface area contributed by atoms with Crippen LogP contribution in [0.25, 0.3) is 0 Å². The van der Waals surface area contributed by atoms with E-state index in [9.17, 15) is 5.11 Å². The molecule has 1 rings (SSSR count). The summed E-state index contributed by atoms with van der Waals surface area (Å²) < 4.78 is 0. The van der Waals surface area contributed by atoms with Crippen LogP contribution in [0.3, 0.4) is 0 Å². The fourth-order valence-electron chi connectivity index (χ4n) is 1.52. The van der Waals surface area contributed by atoms with E-state index in [1.807, 2.05) is 13.0 Å².